The van der Waals surface area contributed by atoms with Crippen LogP contribution in [0.5, 0.6) is 0 Å². The highest BCUT2D eigenvalue weighted by molar-refractivity contribution is 6.09. The van der Waals surface area contributed by atoms with Crippen LogP contribution in [-0.2, 0) is 4.74 Å². The molecular formula is C19H18N2O4. The summed E-state index contributed by atoms with van der Waals surface area (Å²) in [5.41, 5.74) is 3.16. The van der Waals surface area contributed by atoms with Gasteiger partial charge in [0.2, 0.25) is 5.78 Å². The minimum Gasteiger partial charge on any atom is -0.453 e. The molecule has 128 valence electrons. The minimum absolute atomic E-state index is 0.125. The van der Waals surface area contributed by atoms with Crippen LogP contribution in [0, 0.1) is 13.8 Å². The number of ether oxygens (including phenoxy) is 1. The van der Waals surface area contributed by atoms with E-state index in [9.17, 15) is 14.4 Å². The molecular weight excluding hydrogens is 320 g/mol. The van der Waals surface area contributed by atoms with E-state index in [1.165, 1.54) is 6.92 Å². The van der Waals surface area contributed by atoms with E-state index in [2.05, 4.69) is 9.97 Å². The average molecular weight is 338 g/mol. The number of hydrogen-bond acceptors (Lipinski definition) is 4. The van der Waals surface area contributed by atoms with Gasteiger partial charge in [0.15, 0.2) is 12.4 Å². The number of ketones is 2. The summed E-state index contributed by atoms with van der Waals surface area (Å²) >= 11 is 0. The van der Waals surface area contributed by atoms with E-state index in [0.717, 1.165) is 10.9 Å². The SMILES string of the molecule is CC(=O)c1c(C)[nH]c(C(=O)OCC(=O)c2c[nH]c3ccccc23)c1C. The Kier molecular flexibility index (Phi) is 4.27. The van der Waals surface area contributed by atoms with Gasteiger partial charge in [-0.05, 0) is 32.4 Å². The van der Waals surface area contributed by atoms with Gasteiger partial charge in [-0.1, -0.05) is 18.2 Å². The molecule has 6 heteroatoms. The largest absolute Gasteiger partial charge is 0.453 e. The zero-order valence-electron chi connectivity index (χ0n) is 14.2. The predicted molar refractivity (Wildman–Crippen MR) is 93.2 cm³/mol. The Balaban J connectivity index is 1.75. The molecule has 2 aromatic heterocycles. The van der Waals surface area contributed by atoms with Gasteiger partial charge in [-0.25, -0.2) is 4.79 Å². The van der Waals surface area contributed by atoms with Gasteiger partial charge in [0.25, 0.3) is 0 Å². The second-order valence-electron chi connectivity index (χ2n) is 5.93. The molecule has 0 aliphatic heterocycles. The standard InChI is InChI=1S/C19H18N2O4/c1-10-17(12(3)22)11(2)21-18(10)19(24)25-9-16(23)14-8-20-15-7-5-4-6-13(14)15/h4-8,20-21H,9H2,1-3H3. The maximum Gasteiger partial charge on any atom is 0.355 e. The van der Waals surface area contributed by atoms with E-state index in [1.54, 1.807) is 20.0 Å². The number of hydrogen-bond donors (Lipinski definition) is 2. The molecule has 0 aliphatic carbocycles. The molecule has 3 rings (SSSR count). The van der Waals surface area contributed by atoms with Crippen LogP contribution in [0.25, 0.3) is 10.9 Å². The Hall–Kier alpha value is -3.15. The van der Waals surface area contributed by atoms with E-state index in [-0.39, 0.29) is 23.9 Å². The Morgan fingerprint density at radius 3 is 2.52 bits per heavy atom. The van der Waals surface area contributed by atoms with Crippen molar-refractivity contribution < 1.29 is 19.1 Å². The number of carbonyl (C=O) groups excluding carboxylic acids is 3. The summed E-state index contributed by atoms with van der Waals surface area (Å²) in [6, 6.07) is 7.41. The minimum atomic E-state index is -0.652. The number of H-pyrrole nitrogens is 2. The number of aromatic amines is 2. The first kappa shape index (κ1) is 16.7. The third-order valence-electron chi connectivity index (χ3n) is 4.22. The molecule has 1 aromatic carbocycles. The Morgan fingerprint density at radius 1 is 1.12 bits per heavy atom. The first-order chi connectivity index (χ1) is 11.9. The molecule has 3 aromatic rings. The van der Waals surface area contributed by atoms with Crippen LogP contribution in [-0.4, -0.2) is 34.1 Å². The van der Waals surface area contributed by atoms with Crippen molar-refractivity contribution in [1.82, 2.24) is 9.97 Å². The normalized spacial score (nSPS) is 10.8. The average Bonchev–Trinajstić information content (AvgIpc) is 3.13. The quantitative estimate of drug-likeness (QED) is 0.551. The molecule has 0 saturated carbocycles. The molecule has 0 saturated heterocycles. The summed E-state index contributed by atoms with van der Waals surface area (Å²) in [5, 5.41) is 0.786. The highest BCUT2D eigenvalue weighted by Crippen LogP contribution is 2.20. The number of para-hydroxylation sites is 1. The van der Waals surface area contributed by atoms with Crippen LogP contribution < -0.4 is 0 Å². The number of carbonyl (C=O) groups is 3. The van der Waals surface area contributed by atoms with Gasteiger partial charge >= 0.3 is 5.97 Å². The third-order valence-corrected chi connectivity index (χ3v) is 4.22. The van der Waals surface area contributed by atoms with Gasteiger partial charge in [-0.15, -0.1) is 0 Å². The van der Waals surface area contributed by atoms with Crippen molar-refractivity contribution >= 4 is 28.4 Å². The second kappa shape index (κ2) is 6.39. The van der Waals surface area contributed by atoms with E-state index in [1.807, 2.05) is 24.3 Å². The molecule has 0 fully saturated rings. The second-order valence-corrected chi connectivity index (χ2v) is 5.93. The van der Waals surface area contributed by atoms with Gasteiger partial charge in [-0.2, -0.15) is 0 Å². The molecule has 0 radical (unpaired) electrons. The third kappa shape index (κ3) is 2.98. The number of Topliss-reactive ketones (excluding diaryl/α,β-unsaturated/α-hetero) is 2. The van der Waals surface area contributed by atoms with Crippen molar-refractivity contribution in [2.75, 3.05) is 6.61 Å². The molecule has 0 spiro atoms. The summed E-state index contributed by atoms with van der Waals surface area (Å²) in [6.45, 7) is 4.47. The van der Waals surface area contributed by atoms with Crippen LogP contribution >= 0.6 is 0 Å². The smallest absolute Gasteiger partial charge is 0.355 e. The molecule has 0 atom stereocenters. The molecule has 25 heavy (non-hydrogen) atoms. The number of nitrogens with one attached hydrogen (secondary N) is 2. The molecule has 2 N–H and O–H groups in total. The zero-order valence-corrected chi connectivity index (χ0v) is 14.2. The monoisotopic (exact) mass is 338 g/mol. The molecule has 0 bridgehead atoms. The molecule has 6 nitrogen and oxygen atoms in total. The lowest BCUT2D eigenvalue weighted by Crippen LogP contribution is -2.15. The van der Waals surface area contributed by atoms with Crippen LogP contribution in [0.3, 0.4) is 0 Å². The van der Waals surface area contributed by atoms with Crippen molar-refractivity contribution in [2.24, 2.45) is 0 Å². The molecule has 0 amide bonds. The Bertz CT molecular complexity index is 994. The highest BCUT2D eigenvalue weighted by Gasteiger charge is 2.22. The first-order valence-corrected chi connectivity index (χ1v) is 7.86. The maximum absolute atomic E-state index is 12.4. The van der Waals surface area contributed by atoms with Crippen molar-refractivity contribution in [3.8, 4) is 0 Å². The molecule has 2 heterocycles. The van der Waals surface area contributed by atoms with Crippen molar-refractivity contribution in [1.29, 1.82) is 0 Å². The van der Waals surface area contributed by atoms with Crippen molar-refractivity contribution in [2.45, 2.75) is 20.8 Å². The summed E-state index contributed by atoms with van der Waals surface area (Å²) in [7, 11) is 0. The van der Waals surface area contributed by atoms with E-state index in [4.69, 9.17) is 4.74 Å². The topological polar surface area (TPSA) is 92.0 Å². The lowest BCUT2D eigenvalue weighted by Gasteiger charge is -2.04. The van der Waals surface area contributed by atoms with Crippen molar-refractivity contribution in [3.63, 3.8) is 0 Å². The number of esters is 1. The van der Waals surface area contributed by atoms with Gasteiger partial charge in [-0.3, -0.25) is 9.59 Å². The summed E-state index contributed by atoms with van der Waals surface area (Å²) < 4.78 is 5.15. The van der Waals surface area contributed by atoms with Gasteiger partial charge in [0.1, 0.15) is 5.69 Å². The van der Waals surface area contributed by atoms with E-state index < -0.39 is 5.97 Å². The lowest BCUT2D eigenvalue weighted by molar-refractivity contribution is 0.0469. The Morgan fingerprint density at radius 2 is 1.84 bits per heavy atom. The highest BCUT2D eigenvalue weighted by atomic mass is 16.5. The summed E-state index contributed by atoms with van der Waals surface area (Å²) in [4.78, 5) is 42.2. The van der Waals surface area contributed by atoms with Gasteiger partial charge < -0.3 is 14.7 Å². The van der Waals surface area contributed by atoms with Crippen LogP contribution in [0.15, 0.2) is 30.5 Å². The van der Waals surface area contributed by atoms with Crippen molar-refractivity contribution in [3.05, 3.63) is 58.5 Å². The zero-order chi connectivity index (χ0) is 18.1. The predicted octanol–water partition coefficient (Wildman–Crippen LogP) is 3.36. The van der Waals surface area contributed by atoms with Crippen LogP contribution in [0.2, 0.25) is 0 Å². The van der Waals surface area contributed by atoms with Crippen LogP contribution in [0.4, 0.5) is 0 Å². The lowest BCUT2D eigenvalue weighted by atomic mass is 10.1. The fourth-order valence-corrected chi connectivity index (χ4v) is 3.07. The van der Waals surface area contributed by atoms with Gasteiger partial charge in [0, 0.05) is 33.9 Å². The fraction of sp³-hybridized carbons (Fsp3) is 0.211. The molecule has 0 aliphatic rings. The fourth-order valence-electron chi connectivity index (χ4n) is 3.07. The Labute approximate surface area is 144 Å². The van der Waals surface area contributed by atoms with Gasteiger partial charge in [0.05, 0.1) is 0 Å². The van der Waals surface area contributed by atoms with Crippen LogP contribution in [0.1, 0.15) is 49.4 Å². The number of benzene rings is 1. The number of rotatable bonds is 5. The van der Waals surface area contributed by atoms with E-state index in [0.29, 0.717) is 22.4 Å². The number of aryl methyl sites for hydroxylation is 1. The summed E-state index contributed by atoms with van der Waals surface area (Å²) in [6.07, 6.45) is 1.61. The number of aromatic nitrogens is 2. The maximum atomic E-state index is 12.4. The number of fused-ring (bicyclic) bond motifs is 1. The molecule has 0 unspecified atom stereocenters. The summed E-state index contributed by atoms with van der Waals surface area (Å²) in [5.74, 6) is -1.07. The first-order valence-electron chi connectivity index (χ1n) is 7.86. The van der Waals surface area contributed by atoms with E-state index >= 15 is 0 Å².